The minimum atomic E-state index is -0.184. The molecule has 0 aliphatic heterocycles. The van der Waals surface area contributed by atoms with E-state index in [1.807, 2.05) is 32.9 Å². The monoisotopic (exact) mass is 429 g/mol. The molecule has 3 rings (SSSR count). The van der Waals surface area contributed by atoms with E-state index in [9.17, 15) is 4.79 Å². The zero-order valence-corrected chi connectivity index (χ0v) is 17.9. The van der Waals surface area contributed by atoms with Crippen molar-refractivity contribution in [1.82, 2.24) is 15.1 Å². The first kappa shape index (κ1) is 21.6. The first-order chi connectivity index (χ1) is 14.5. The van der Waals surface area contributed by atoms with Crippen molar-refractivity contribution in [2.45, 2.75) is 33.4 Å². The van der Waals surface area contributed by atoms with Gasteiger partial charge in [0.05, 0.1) is 23.7 Å². The highest BCUT2D eigenvalue weighted by molar-refractivity contribution is 6.33. The van der Waals surface area contributed by atoms with Crippen LogP contribution in [-0.4, -0.2) is 40.3 Å². The van der Waals surface area contributed by atoms with Crippen molar-refractivity contribution in [2.24, 2.45) is 0 Å². The molecule has 7 nitrogen and oxygen atoms in total. The van der Waals surface area contributed by atoms with E-state index in [1.165, 1.54) is 0 Å². The number of benzene rings is 2. The summed E-state index contributed by atoms with van der Waals surface area (Å²) in [7, 11) is 0. The van der Waals surface area contributed by atoms with E-state index in [-0.39, 0.29) is 25.1 Å². The summed E-state index contributed by atoms with van der Waals surface area (Å²) in [5.74, 6) is 1.81. The Bertz CT molecular complexity index is 973. The second-order valence-corrected chi connectivity index (χ2v) is 7.20. The van der Waals surface area contributed by atoms with E-state index in [0.717, 1.165) is 5.75 Å². The standard InChI is InChI=1S/C22H24ClN3O4/c1-4-28-16-9-11-17(12-10-16)29-14-21(27)26(15(2)3)13-20-24-25-22(30-20)18-7-5-6-8-19(18)23/h5-12,15H,4,13-14H2,1-3H3. The summed E-state index contributed by atoms with van der Waals surface area (Å²) in [6.45, 7) is 6.43. The number of aromatic nitrogens is 2. The second-order valence-electron chi connectivity index (χ2n) is 6.79. The molecule has 2 aromatic carbocycles. The van der Waals surface area contributed by atoms with Crippen LogP contribution in [0, 0.1) is 0 Å². The van der Waals surface area contributed by atoms with Crippen LogP contribution < -0.4 is 9.47 Å². The summed E-state index contributed by atoms with van der Waals surface area (Å²) >= 11 is 6.18. The third kappa shape index (κ3) is 5.51. The molecule has 0 unspecified atom stereocenters. The molecule has 3 aromatic rings. The Kier molecular flexibility index (Phi) is 7.30. The van der Waals surface area contributed by atoms with E-state index in [4.69, 9.17) is 25.5 Å². The maximum atomic E-state index is 12.7. The van der Waals surface area contributed by atoms with Crippen LogP contribution in [0.4, 0.5) is 0 Å². The smallest absolute Gasteiger partial charge is 0.261 e. The van der Waals surface area contributed by atoms with Gasteiger partial charge in [-0.3, -0.25) is 4.79 Å². The number of halogens is 1. The molecular weight excluding hydrogens is 406 g/mol. The zero-order chi connectivity index (χ0) is 21.5. The third-order valence-corrected chi connectivity index (χ3v) is 4.65. The lowest BCUT2D eigenvalue weighted by molar-refractivity contribution is -0.136. The number of nitrogens with zero attached hydrogens (tertiary/aromatic N) is 3. The summed E-state index contributed by atoms with van der Waals surface area (Å²) < 4.78 is 16.8. The molecule has 8 heteroatoms. The molecule has 158 valence electrons. The highest BCUT2D eigenvalue weighted by atomic mass is 35.5. The Morgan fingerprint density at radius 1 is 1.07 bits per heavy atom. The maximum Gasteiger partial charge on any atom is 0.261 e. The molecule has 0 spiro atoms. The lowest BCUT2D eigenvalue weighted by Crippen LogP contribution is -2.39. The second kappa shape index (κ2) is 10.1. The molecule has 0 saturated carbocycles. The Morgan fingerprint density at radius 2 is 1.73 bits per heavy atom. The predicted molar refractivity (Wildman–Crippen MR) is 114 cm³/mol. The van der Waals surface area contributed by atoms with Crippen molar-refractivity contribution in [3.05, 3.63) is 59.4 Å². The fourth-order valence-corrected chi connectivity index (χ4v) is 3.01. The molecule has 0 N–H and O–H groups in total. The molecule has 0 radical (unpaired) electrons. The van der Waals surface area contributed by atoms with Gasteiger partial charge in [-0.1, -0.05) is 23.7 Å². The minimum Gasteiger partial charge on any atom is -0.494 e. The first-order valence-corrected chi connectivity index (χ1v) is 10.1. The van der Waals surface area contributed by atoms with Gasteiger partial charge in [0.2, 0.25) is 11.8 Å². The lowest BCUT2D eigenvalue weighted by Gasteiger charge is -2.25. The van der Waals surface area contributed by atoms with E-state index in [0.29, 0.717) is 34.7 Å². The summed E-state index contributed by atoms with van der Waals surface area (Å²) in [4.78, 5) is 14.4. The summed E-state index contributed by atoms with van der Waals surface area (Å²) in [6.07, 6.45) is 0. The number of carbonyl (C=O) groups is 1. The van der Waals surface area contributed by atoms with Crippen molar-refractivity contribution < 1.29 is 18.7 Å². The van der Waals surface area contributed by atoms with Crippen LogP contribution in [0.25, 0.3) is 11.5 Å². The van der Waals surface area contributed by atoms with Crippen LogP contribution in [0.5, 0.6) is 11.5 Å². The van der Waals surface area contributed by atoms with E-state index in [1.54, 1.807) is 41.3 Å². The molecule has 1 heterocycles. The van der Waals surface area contributed by atoms with Gasteiger partial charge in [-0.2, -0.15) is 0 Å². The molecule has 0 atom stereocenters. The van der Waals surface area contributed by atoms with E-state index >= 15 is 0 Å². The Morgan fingerprint density at radius 3 is 2.37 bits per heavy atom. The quantitative estimate of drug-likeness (QED) is 0.494. The summed E-state index contributed by atoms with van der Waals surface area (Å²) in [5, 5.41) is 8.64. The molecule has 1 amide bonds. The third-order valence-electron chi connectivity index (χ3n) is 4.32. The normalized spacial score (nSPS) is 10.8. The van der Waals surface area contributed by atoms with Crippen LogP contribution in [0.3, 0.4) is 0 Å². The average molecular weight is 430 g/mol. The molecule has 0 fully saturated rings. The molecule has 0 saturated heterocycles. The van der Waals surface area contributed by atoms with Crippen LogP contribution in [0.1, 0.15) is 26.7 Å². The molecule has 0 aliphatic rings. The Hall–Kier alpha value is -3.06. The lowest BCUT2D eigenvalue weighted by atomic mass is 10.2. The highest BCUT2D eigenvalue weighted by Gasteiger charge is 2.21. The summed E-state index contributed by atoms with van der Waals surface area (Å²) in [6, 6.07) is 14.3. The largest absolute Gasteiger partial charge is 0.494 e. The van der Waals surface area contributed by atoms with Crippen LogP contribution in [0.2, 0.25) is 5.02 Å². The van der Waals surface area contributed by atoms with Crippen molar-refractivity contribution in [3.63, 3.8) is 0 Å². The molecular formula is C22H24ClN3O4. The molecule has 30 heavy (non-hydrogen) atoms. The molecule has 0 bridgehead atoms. The van der Waals surface area contributed by atoms with Crippen LogP contribution in [0.15, 0.2) is 52.9 Å². The van der Waals surface area contributed by atoms with Crippen molar-refractivity contribution in [2.75, 3.05) is 13.2 Å². The SMILES string of the molecule is CCOc1ccc(OCC(=O)N(Cc2nnc(-c3ccccc3Cl)o2)C(C)C)cc1. The van der Waals surface area contributed by atoms with Gasteiger partial charge in [0.1, 0.15) is 11.5 Å². The van der Waals surface area contributed by atoms with Crippen molar-refractivity contribution in [3.8, 4) is 23.0 Å². The van der Waals surface area contributed by atoms with Gasteiger partial charge in [0.25, 0.3) is 5.91 Å². The van der Waals surface area contributed by atoms with E-state index < -0.39 is 0 Å². The van der Waals surface area contributed by atoms with Gasteiger partial charge in [0.15, 0.2) is 6.61 Å². The number of rotatable bonds is 9. The van der Waals surface area contributed by atoms with E-state index in [2.05, 4.69) is 10.2 Å². The van der Waals surface area contributed by atoms with Gasteiger partial charge < -0.3 is 18.8 Å². The Balaban J connectivity index is 1.63. The number of hydrogen-bond acceptors (Lipinski definition) is 6. The molecule has 1 aromatic heterocycles. The van der Waals surface area contributed by atoms with Gasteiger partial charge in [-0.05, 0) is 57.2 Å². The van der Waals surface area contributed by atoms with Gasteiger partial charge in [-0.15, -0.1) is 10.2 Å². The van der Waals surface area contributed by atoms with Crippen LogP contribution >= 0.6 is 11.6 Å². The topological polar surface area (TPSA) is 77.7 Å². The first-order valence-electron chi connectivity index (χ1n) is 9.70. The highest BCUT2D eigenvalue weighted by Crippen LogP contribution is 2.26. The van der Waals surface area contributed by atoms with Crippen molar-refractivity contribution in [1.29, 1.82) is 0 Å². The maximum absolute atomic E-state index is 12.7. The predicted octanol–water partition coefficient (Wildman–Crippen LogP) is 4.60. The fraction of sp³-hybridized carbons (Fsp3) is 0.318. The number of hydrogen-bond donors (Lipinski definition) is 0. The number of carbonyl (C=O) groups excluding carboxylic acids is 1. The zero-order valence-electron chi connectivity index (χ0n) is 17.2. The average Bonchev–Trinajstić information content (AvgIpc) is 3.20. The number of amides is 1. The Labute approximate surface area is 180 Å². The van der Waals surface area contributed by atoms with Gasteiger partial charge >= 0.3 is 0 Å². The van der Waals surface area contributed by atoms with Crippen molar-refractivity contribution >= 4 is 17.5 Å². The fourth-order valence-electron chi connectivity index (χ4n) is 2.79. The summed E-state index contributed by atoms with van der Waals surface area (Å²) in [5.41, 5.74) is 0.652. The molecule has 0 aliphatic carbocycles. The minimum absolute atomic E-state index is 0.0721. The van der Waals surface area contributed by atoms with Gasteiger partial charge in [0, 0.05) is 6.04 Å². The van der Waals surface area contributed by atoms with Gasteiger partial charge in [-0.25, -0.2) is 0 Å². The van der Waals surface area contributed by atoms with Crippen LogP contribution in [-0.2, 0) is 11.3 Å². The number of ether oxygens (including phenoxy) is 2.